The van der Waals surface area contributed by atoms with E-state index in [1.54, 1.807) is 0 Å². The summed E-state index contributed by atoms with van der Waals surface area (Å²) >= 11 is 14.9. The molecule has 0 aromatic rings. The third-order valence-electron chi connectivity index (χ3n) is 19.7. The van der Waals surface area contributed by atoms with Gasteiger partial charge in [0.1, 0.15) is 0 Å². The lowest BCUT2D eigenvalue weighted by molar-refractivity contribution is -0.0404. The van der Waals surface area contributed by atoms with E-state index >= 15 is 0 Å². The lowest BCUT2D eigenvalue weighted by Gasteiger charge is -2.55. The summed E-state index contributed by atoms with van der Waals surface area (Å²) in [6, 6.07) is 4.21. The fourth-order valence-corrected chi connectivity index (χ4v) is 18.3. The standard InChI is InChI=1S/C48H80Cl2N2/c1-47(2)39-15-7-5-13-35(39)37-27-25-33(29-41(37)47)51(45-19-11-9-17-43(45)49)31-21-23-32(24-22-31)52(46-20-12-10-18-44(46)50)34-26-28-38-36-14-6-8-16-40(36)48(3,4)42(38)30-34/h31-46H,5-30H2,1-4H3. The average molecular weight is 756 g/mol. The lowest BCUT2D eigenvalue weighted by atomic mass is 9.66. The van der Waals surface area contributed by atoms with Crippen LogP contribution in [0.3, 0.4) is 0 Å². The molecule has 0 bridgehead atoms. The third kappa shape index (κ3) is 6.64. The molecule has 14 atom stereocenters. The van der Waals surface area contributed by atoms with Gasteiger partial charge in [0, 0.05) is 47.0 Å². The molecule has 4 heteroatoms. The predicted molar refractivity (Wildman–Crippen MR) is 221 cm³/mol. The SMILES string of the molecule is CC1(C)C2CCCCC2C2CCC(N(C3CCC(N(C4CCC5C6CCCCC6C(C)(C)C5C4)C4CCCCC4Cl)CC3)C3CCCCC3Cl)CC21. The van der Waals surface area contributed by atoms with Gasteiger partial charge in [-0.15, -0.1) is 23.2 Å². The van der Waals surface area contributed by atoms with Crippen LogP contribution in [0.15, 0.2) is 0 Å². The molecule has 2 nitrogen and oxygen atoms in total. The van der Waals surface area contributed by atoms with E-state index in [0.717, 1.165) is 71.5 Å². The van der Waals surface area contributed by atoms with Gasteiger partial charge in [-0.1, -0.05) is 79.1 Å². The number of hydrogen-bond donors (Lipinski definition) is 0. The first-order valence-electron chi connectivity index (χ1n) is 24.0. The van der Waals surface area contributed by atoms with Crippen molar-refractivity contribution in [1.82, 2.24) is 9.80 Å². The number of alkyl halides is 2. The number of halogens is 2. The molecule has 14 unspecified atom stereocenters. The third-order valence-corrected chi connectivity index (χ3v) is 20.7. The van der Waals surface area contributed by atoms with Gasteiger partial charge in [0.05, 0.1) is 0 Å². The van der Waals surface area contributed by atoms with Crippen LogP contribution in [0.2, 0.25) is 0 Å². The van der Waals surface area contributed by atoms with E-state index in [1.807, 2.05) is 0 Å². The monoisotopic (exact) mass is 755 g/mol. The van der Waals surface area contributed by atoms with Crippen LogP contribution < -0.4 is 0 Å². The Morgan fingerprint density at radius 3 is 1.08 bits per heavy atom. The molecule has 9 aliphatic rings. The molecule has 52 heavy (non-hydrogen) atoms. The minimum absolute atomic E-state index is 0.354. The van der Waals surface area contributed by atoms with Crippen LogP contribution in [0.5, 0.6) is 0 Å². The summed E-state index contributed by atoms with van der Waals surface area (Å²) in [5, 5.41) is 0.709. The van der Waals surface area contributed by atoms with Gasteiger partial charge in [-0.2, -0.15) is 0 Å². The highest BCUT2D eigenvalue weighted by Gasteiger charge is 2.59. The van der Waals surface area contributed by atoms with E-state index in [2.05, 4.69) is 37.5 Å². The van der Waals surface area contributed by atoms with Crippen molar-refractivity contribution < 1.29 is 0 Å². The lowest BCUT2D eigenvalue weighted by Crippen LogP contribution is -2.59. The first kappa shape index (κ1) is 38.0. The largest absolute Gasteiger partial charge is 0.293 e. The van der Waals surface area contributed by atoms with Crippen molar-refractivity contribution in [3.8, 4) is 0 Å². The van der Waals surface area contributed by atoms with Crippen LogP contribution in [0.1, 0.15) is 195 Å². The van der Waals surface area contributed by atoms with Crippen molar-refractivity contribution in [2.75, 3.05) is 0 Å². The first-order valence-corrected chi connectivity index (χ1v) is 24.8. The Morgan fingerprint density at radius 2 is 0.673 bits per heavy atom. The van der Waals surface area contributed by atoms with Crippen LogP contribution >= 0.6 is 23.2 Å². The molecular formula is C48H80Cl2N2. The van der Waals surface area contributed by atoms with Crippen LogP contribution in [0, 0.1) is 58.2 Å². The van der Waals surface area contributed by atoms with Crippen molar-refractivity contribution in [2.24, 2.45) is 58.2 Å². The molecule has 9 saturated carbocycles. The first-order chi connectivity index (χ1) is 25.1. The Morgan fingerprint density at radius 1 is 0.346 bits per heavy atom. The normalized spacial score (nSPS) is 50.3. The van der Waals surface area contributed by atoms with E-state index in [0.29, 0.717) is 33.7 Å². The van der Waals surface area contributed by atoms with Gasteiger partial charge < -0.3 is 0 Å². The molecular weight excluding hydrogens is 675 g/mol. The topological polar surface area (TPSA) is 6.48 Å². The van der Waals surface area contributed by atoms with E-state index in [9.17, 15) is 0 Å². The second kappa shape index (κ2) is 15.3. The van der Waals surface area contributed by atoms with Gasteiger partial charge in [0.2, 0.25) is 0 Å². The zero-order valence-electron chi connectivity index (χ0n) is 34.3. The maximum absolute atomic E-state index is 7.43. The molecule has 0 aliphatic heterocycles. The van der Waals surface area contributed by atoms with Gasteiger partial charge in [0.25, 0.3) is 0 Å². The molecule has 0 aromatic heterocycles. The van der Waals surface area contributed by atoms with Crippen molar-refractivity contribution in [3.63, 3.8) is 0 Å². The summed E-state index contributed by atoms with van der Waals surface area (Å²) in [5.74, 6) is 7.89. The summed E-state index contributed by atoms with van der Waals surface area (Å²) < 4.78 is 0. The molecule has 9 rings (SSSR count). The van der Waals surface area contributed by atoms with Crippen LogP contribution in [-0.4, -0.2) is 56.8 Å². The van der Waals surface area contributed by atoms with Gasteiger partial charge in [-0.05, 0) is 174 Å². The Balaban J connectivity index is 0.940. The smallest absolute Gasteiger partial charge is 0.0491 e. The number of nitrogens with zero attached hydrogens (tertiary/aromatic N) is 2. The summed E-state index contributed by atoms with van der Waals surface area (Å²) in [5.41, 5.74) is 1.04. The highest BCUT2D eigenvalue weighted by Crippen LogP contribution is 2.65. The van der Waals surface area contributed by atoms with Crippen molar-refractivity contribution in [3.05, 3.63) is 0 Å². The Labute approximate surface area is 331 Å². The number of hydrogen-bond acceptors (Lipinski definition) is 2. The molecule has 0 aromatic carbocycles. The zero-order valence-corrected chi connectivity index (χ0v) is 35.8. The van der Waals surface area contributed by atoms with Crippen molar-refractivity contribution in [1.29, 1.82) is 0 Å². The molecule has 9 aliphatic carbocycles. The predicted octanol–water partition coefficient (Wildman–Crippen LogP) is 13.3. The Hall–Kier alpha value is 0.500. The fraction of sp³-hybridized carbons (Fsp3) is 1.00. The van der Waals surface area contributed by atoms with Crippen LogP contribution in [-0.2, 0) is 0 Å². The highest BCUT2D eigenvalue weighted by molar-refractivity contribution is 6.21. The molecule has 296 valence electrons. The zero-order chi connectivity index (χ0) is 35.8. The Kier molecular flexibility index (Phi) is 11.2. The van der Waals surface area contributed by atoms with Gasteiger partial charge in [0.15, 0.2) is 0 Å². The van der Waals surface area contributed by atoms with E-state index < -0.39 is 0 Å². The second-order valence-corrected chi connectivity index (χ2v) is 23.4. The quantitative estimate of drug-likeness (QED) is 0.249. The van der Waals surface area contributed by atoms with Crippen LogP contribution in [0.4, 0.5) is 0 Å². The van der Waals surface area contributed by atoms with Gasteiger partial charge >= 0.3 is 0 Å². The molecule has 0 spiro atoms. The van der Waals surface area contributed by atoms with E-state index in [4.69, 9.17) is 23.2 Å². The molecule has 9 fully saturated rings. The van der Waals surface area contributed by atoms with E-state index in [1.165, 1.54) is 167 Å². The highest BCUT2D eigenvalue weighted by atomic mass is 35.5. The summed E-state index contributed by atoms with van der Waals surface area (Å²) in [6.07, 6.45) is 37.1. The molecule has 0 N–H and O–H groups in total. The molecule has 0 saturated heterocycles. The van der Waals surface area contributed by atoms with E-state index in [-0.39, 0.29) is 0 Å². The van der Waals surface area contributed by atoms with Gasteiger partial charge in [-0.25, -0.2) is 0 Å². The maximum atomic E-state index is 7.43. The summed E-state index contributed by atoms with van der Waals surface area (Å²) in [4.78, 5) is 6.40. The fourth-order valence-electron chi connectivity index (χ4n) is 17.5. The second-order valence-electron chi connectivity index (χ2n) is 22.3. The molecule has 0 amide bonds. The van der Waals surface area contributed by atoms with Crippen molar-refractivity contribution in [2.45, 2.75) is 242 Å². The number of rotatable bonds is 6. The minimum atomic E-state index is 0.354. The summed E-state index contributed by atoms with van der Waals surface area (Å²) in [6.45, 7) is 10.8. The Bertz CT molecular complexity index is 1120. The summed E-state index contributed by atoms with van der Waals surface area (Å²) in [7, 11) is 0. The van der Waals surface area contributed by atoms with Gasteiger partial charge in [-0.3, -0.25) is 9.80 Å². The average Bonchev–Trinajstić information content (AvgIpc) is 3.53. The molecule has 0 radical (unpaired) electrons. The minimum Gasteiger partial charge on any atom is -0.293 e. The molecule has 0 heterocycles. The maximum Gasteiger partial charge on any atom is 0.0491 e. The van der Waals surface area contributed by atoms with Crippen LogP contribution in [0.25, 0.3) is 0 Å². The van der Waals surface area contributed by atoms with Crippen molar-refractivity contribution >= 4 is 23.2 Å². The number of fused-ring (bicyclic) bond motifs is 6.